The number of carbonyl (C=O) groups excluding carboxylic acids is 1. The summed E-state index contributed by atoms with van der Waals surface area (Å²) in [6.07, 6.45) is 0.593. The molecule has 172 valence electrons. The fourth-order valence-electron chi connectivity index (χ4n) is 4.26. The number of benzene rings is 1. The molecule has 6 nitrogen and oxygen atoms in total. The fourth-order valence-corrected chi connectivity index (χ4v) is 4.26. The summed E-state index contributed by atoms with van der Waals surface area (Å²) in [6, 6.07) is 5.03. The summed E-state index contributed by atoms with van der Waals surface area (Å²) in [7, 11) is 1.46. The normalized spacial score (nSPS) is 25.5. The summed E-state index contributed by atoms with van der Waals surface area (Å²) >= 11 is 0. The van der Waals surface area contributed by atoms with Gasteiger partial charge in [-0.1, -0.05) is 19.9 Å². The topological polar surface area (TPSA) is 68.0 Å². The highest BCUT2D eigenvalue weighted by Crippen LogP contribution is 2.50. The lowest BCUT2D eigenvalue weighted by Crippen LogP contribution is -2.76. The molecule has 9 heteroatoms. The number of nitrogens with zero attached hydrogens (tertiary/aromatic N) is 2. The molecule has 1 aliphatic carbocycles. The molecule has 1 aliphatic heterocycles. The Morgan fingerprint density at radius 2 is 1.87 bits per heavy atom. The Balaban J connectivity index is 0.00000225. The maximum absolute atomic E-state index is 13.9. The zero-order chi connectivity index (χ0) is 20.5. The van der Waals surface area contributed by atoms with Crippen molar-refractivity contribution >= 4 is 30.7 Å². The van der Waals surface area contributed by atoms with Crippen LogP contribution in [0.5, 0.6) is 5.75 Å². The van der Waals surface area contributed by atoms with E-state index in [1.165, 1.54) is 13.2 Å². The van der Waals surface area contributed by atoms with Crippen molar-refractivity contribution in [3.63, 3.8) is 0 Å². The second-order valence-electron chi connectivity index (χ2n) is 8.38. The first kappa shape index (κ1) is 26.9. The molecule has 0 aromatic heterocycles. The predicted octanol–water partition coefficient (Wildman–Crippen LogP) is 2.85. The van der Waals surface area contributed by atoms with E-state index in [9.17, 15) is 9.18 Å². The second-order valence-corrected chi connectivity index (χ2v) is 8.38. The number of hydrogen-bond donors (Lipinski definition) is 1. The third kappa shape index (κ3) is 4.86. The molecule has 30 heavy (non-hydrogen) atoms. The summed E-state index contributed by atoms with van der Waals surface area (Å²) in [5, 5.41) is 0. The fraction of sp³-hybridized carbons (Fsp3) is 0.667. The van der Waals surface area contributed by atoms with Crippen molar-refractivity contribution in [1.29, 1.82) is 0 Å². The molecule has 2 atom stereocenters. The van der Waals surface area contributed by atoms with Crippen LogP contribution in [0.25, 0.3) is 0 Å². The highest BCUT2D eigenvalue weighted by molar-refractivity contribution is 5.89. The molecule has 2 N–H and O–H groups in total. The van der Waals surface area contributed by atoms with Crippen LogP contribution in [0.15, 0.2) is 18.2 Å². The molecule has 1 aromatic rings. The van der Waals surface area contributed by atoms with Crippen molar-refractivity contribution in [1.82, 2.24) is 9.80 Å². The monoisotopic (exact) mass is 465 g/mol. The maximum Gasteiger partial charge on any atom is 0.243 e. The molecule has 0 radical (unpaired) electrons. The van der Waals surface area contributed by atoms with Gasteiger partial charge in [0.05, 0.1) is 13.2 Å². The van der Waals surface area contributed by atoms with Gasteiger partial charge in [-0.2, -0.15) is 0 Å². The smallest absolute Gasteiger partial charge is 0.243 e. The first-order valence-corrected chi connectivity index (χ1v) is 9.97. The summed E-state index contributed by atoms with van der Waals surface area (Å²) in [5.74, 6) is -0.0839. The lowest BCUT2D eigenvalue weighted by Gasteiger charge is -2.59. The van der Waals surface area contributed by atoms with Crippen molar-refractivity contribution in [2.75, 3.05) is 39.9 Å². The average Bonchev–Trinajstić information content (AvgIpc) is 2.68. The van der Waals surface area contributed by atoms with Gasteiger partial charge in [0.2, 0.25) is 5.91 Å². The van der Waals surface area contributed by atoms with Crippen molar-refractivity contribution in [3.05, 3.63) is 29.6 Å². The number of halogens is 3. The van der Waals surface area contributed by atoms with Gasteiger partial charge in [-0.3, -0.25) is 9.69 Å². The van der Waals surface area contributed by atoms with Gasteiger partial charge in [-0.05, 0) is 24.6 Å². The lowest BCUT2D eigenvalue weighted by molar-refractivity contribution is -0.180. The van der Waals surface area contributed by atoms with E-state index in [2.05, 4.69) is 4.90 Å². The number of amides is 1. The minimum Gasteiger partial charge on any atom is -0.494 e. The second kappa shape index (κ2) is 10.5. The molecule has 1 aromatic carbocycles. The van der Waals surface area contributed by atoms with Crippen molar-refractivity contribution in [2.24, 2.45) is 11.1 Å². The van der Waals surface area contributed by atoms with Crippen molar-refractivity contribution in [3.8, 4) is 5.75 Å². The van der Waals surface area contributed by atoms with E-state index in [0.717, 1.165) is 18.7 Å². The standard InChI is InChI=1S/C21H32FN3O3.2ClH/c1-5-28-18-13-21(23,20(18,2)3)19(26)25-10-8-24(9-11-25)14-15-6-7-17(27-4)16(22)12-15;;/h6-7,12,18H,5,8-11,13-14,23H2,1-4H3;2*1H. The minimum atomic E-state index is -0.867. The number of piperazine rings is 1. The van der Waals surface area contributed by atoms with E-state index in [-0.39, 0.29) is 53.8 Å². The van der Waals surface area contributed by atoms with Gasteiger partial charge in [0, 0.05) is 51.2 Å². The average molecular weight is 466 g/mol. The maximum atomic E-state index is 13.9. The predicted molar refractivity (Wildman–Crippen MR) is 120 cm³/mol. The van der Waals surface area contributed by atoms with Crippen LogP contribution in [-0.2, 0) is 16.1 Å². The molecule has 1 amide bonds. The Labute approximate surface area is 191 Å². The Morgan fingerprint density at radius 3 is 2.37 bits per heavy atom. The number of carbonyl (C=O) groups is 1. The van der Waals surface area contributed by atoms with Crippen LogP contribution < -0.4 is 10.5 Å². The zero-order valence-electron chi connectivity index (χ0n) is 18.2. The van der Waals surface area contributed by atoms with Crippen molar-refractivity contribution < 1.29 is 18.7 Å². The molecule has 1 saturated heterocycles. The number of methoxy groups -OCH3 is 1. The number of nitrogens with two attached hydrogens (primary N) is 1. The van der Waals surface area contributed by atoms with Crippen LogP contribution in [0.3, 0.4) is 0 Å². The molecule has 2 aliphatic rings. The number of rotatable bonds is 6. The van der Waals surface area contributed by atoms with Crippen LogP contribution in [0, 0.1) is 11.2 Å². The summed E-state index contributed by atoms with van der Waals surface area (Å²) in [5.41, 5.74) is 6.19. The van der Waals surface area contributed by atoms with Crippen LogP contribution >= 0.6 is 24.8 Å². The van der Waals surface area contributed by atoms with E-state index in [4.69, 9.17) is 15.2 Å². The van der Waals surface area contributed by atoms with Gasteiger partial charge in [-0.15, -0.1) is 24.8 Å². The molecule has 3 rings (SSSR count). The third-order valence-corrected chi connectivity index (χ3v) is 6.49. The Kier molecular flexibility index (Phi) is 9.39. The summed E-state index contributed by atoms with van der Waals surface area (Å²) in [4.78, 5) is 17.2. The molecule has 2 fully saturated rings. The van der Waals surface area contributed by atoms with E-state index in [1.807, 2.05) is 31.7 Å². The number of hydrogen-bond acceptors (Lipinski definition) is 5. The van der Waals surface area contributed by atoms with Gasteiger partial charge in [0.1, 0.15) is 5.54 Å². The number of ether oxygens (including phenoxy) is 2. The highest BCUT2D eigenvalue weighted by Gasteiger charge is 2.63. The SMILES string of the molecule is CCOC1CC(N)(C(=O)N2CCN(Cc3ccc(OC)c(F)c3)CC2)C1(C)C.Cl.Cl. The third-order valence-electron chi connectivity index (χ3n) is 6.49. The van der Waals surface area contributed by atoms with Gasteiger partial charge >= 0.3 is 0 Å². The Bertz CT molecular complexity index is 729. The zero-order valence-corrected chi connectivity index (χ0v) is 19.8. The molecule has 2 unspecified atom stereocenters. The molecule has 0 spiro atoms. The molecular formula is C21H34Cl2FN3O3. The van der Waals surface area contributed by atoms with Gasteiger partial charge in [0.25, 0.3) is 0 Å². The van der Waals surface area contributed by atoms with Gasteiger partial charge in [0.15, 0.2) is 11.6 Å². The summed E-state index contributed by atoms with van der Waals surface area (Å²) < 4.78 is 24.6. The lowest BCUT2D eigenvalue weighted by atomic mass is 9.54. The molecule has 1 heterocycles. The highest BCUT2D eigenvalue weighted by atomic mass is 35.5. The van der Waals surface area contributed by atoms with Crippen LogP contribution in [0.4, 0.5) is 4.39 Å². The molecule has 0 bridgehead atoms. The van der Waals surface area contributed by atoms with Crippen LogP contribution in [0.2, 0.25) is 0 Å². The Hall–Kier alpha value is -1.12. The Morgan fingerprint density at radius 1 is 1.23 bits per heavy atom. The van der Waals surface area contributed by atoms with Crippen molar-refractivity contribution in [2.45, 2.75) is 45.4 Å². The largest absolute Gasteiger partial charge is 0.494 e. The first-order chi connectivity index (χ1) is 13.2. The van der Waals surface area contributed by atoms with Crippen LogP contribution in [0.1, 0.15) is 32.8 Å². The van der Waals surface area contributed by atoms with E-state index < -0.39 is 5.54 Å². The molecular weight excluding hydrogens is 432 g/mol. The van der Waals surface area contributed by atoms with Gasteiger partial charge in [-0.25, -0.2) is 4.39 Å². The van der Waals surface area contributed by atoms with E-state index in [0.29, 0.717) is 32.7 Å². The van der Waals surface area contributed by atoms with E-state index in [1.54, 1.807) is 6.07 Å². The molecule has 1 saturated carbocycles. The van der Waals surface area contributed by atoms with Crippen LogP contribution in [-0.4, -0.2) is 67.2 Å². The van der Waals surface area contributed by atoms with Gasteiger partial charge < -0.3 is 20.1 Å². The minimum absolute atomic E-state index is 0. The first-order valence-electron chi connectivity index (χ1n) is 9.97. The van der Waals surface area contributed by atoms with E-state index >= 15 is 0 Å². The summed E-state index contributed by atoms with van der Waals surface area (Å²) in [6.45, 7) is 10.0. The quantitative estimate of drug-likeness (QED) is 0.699.